The average molecular weight is 382 g/mol. The highest BCUT2D eigenvalue weighted by atomic mass is 32.1. The summed E-state index contributed by atoms with van der Waals surface area (Å²) in [6, 6.07) is 8.31. The topological polar surface area (TPSA) is 38.7 Å². The van der Waals surface area contributed by atoms with Gasteiger partial charge in [0.2, 0.25) is 0 Å². The first-order valence-corrected chi connectivity index (χ1v) is 9.64. The number of ether oxygens (including phenoxy) is 2. The Morgan fingerprint density at radius 2 is 1.92 bits per heavy atom. The van der Waals surface area contributed by atoms with E-state index in [0.717, 1.165) is 22.9 Å². The van der Waals surface area contributed by atoms with Crippen molar-refractivity contribution in [3.63, 3.8) is 0 Å². The third-order valence-electron chi connectivity index (χ3n) is 4.45. The summed E-state index contributed by atoms with van der Waals surface area (Å²) in [5.41, 5.74) is 1.63. The molecule has 2 rings (SSSR count). The summed E-state index contributed by atoms with van der Waals surface area (Å²) < 4.78 is 24.2. The monoisotopic (exact) mass is 382 g/mol. The van der Waals surface area contributed by atoms with Gasteiger partial charge in [0.15, 0.2) is 11.5 Å². The summed E-state index contributed by atoms with van der Waals surface area (Å²) in [7, 11) is 3.43. The van der Waals surface area contributed by atoms with E-state index in [4.69, 9.17) is 9.47 Å². The average Bonchev–Trinajstić information content (AvgIpc) is 2.63. The lowest BCUT2D eigenvalue weighted by Gasteiger charge is -2.31. The Labute approximate surface area is 155 Å². The van der Waals surface area contributed by atoms with E-state index in [1.165, 1.54) is 19.2 Å². The molecule has 0 spiro atoms. The number of thiol groups is 1. The Bertz CT molecular complexity index is 754. The normalized spacial score (nSPS) is 13.8. The molecule has 6 heteroatoms. The molecule has 0 bridgehead atoms. The highest BCUT2D eigenvalue weighted by Gasteiger charge is 2.31. The van der Waals surface area contributed by atoms with Gasteiger partial charge in [-0.15, -0.1) is 0 Å². The second-order valence-electron chi connectivity index (χ2n) is 6.00. The summed E-state index contributed by atoms with van der Waals surface area (Å²) in [6.45, 7) is 4.16. The molecule has 0 radical (unpaired) electrons. The maximum Gasteiger partial charge on any atom is 0.164 e. The predicted octanol–water partition coefficient (Wildman–Crippen LogP) is 4.61. The standard InChI is InChI=1S/C19H24FO3PS/c1-5-19(2,24-17-7-6-13(20)8-12(17)11-25)15-9-14(22-3)10-16(23-4)18(15)21/h6-10,21,24-25H,5,11H2,1-4H3. The van der Waals surface area contributed by atoms with Crippen molar-refractivity contribution < 1.29 is 19.0 Å². The van der Waals surface area contributed by atoms with Crippen molar-refractivity contribution in [2.45, 2.75) is 31.2 Å². The third kappa shape index (κ3) is 4.21. The van der Waals surface area contributed by atoms with Gasteiger partial charge in [0.25, 0.3) is 0 Å². The summed E-state index contributed by atoms with van der Waals surface area (Å²) in [5, 5.41) is 11.4. The van der Waals surface area contributed by atoms with Gasteiger partial charge in [0.05, 0.1) is 14.2 Å². The van der Waals surface area contributed by atoms with Crippen LogP contribution in [0.2, 0.25) is 0 Å². The summed E-state index contributed by atoms with van der Waals surface area (Å²) in [5.74, 6) is 1.33. The number of benzene rings is 2. The summed E-state index contributed by atoms with van der Waals surface area (Å²) in [6.07, 6.45) is 0.790. The van der Waals surface area contributed by atoms with Crippen molar-refractivity contribution >= 4 is 26.5 Å². The first-order valence-electron chi connectivity index (χ1n) is 8.01. The molecule has 0 aliphatic rings. The largest absolute Gasteiger partial charge is 0.504 e. The van der Waals surface area contributed by atoms with Gasteiger partial charge in [0, 0.05) is 22.5 Å². The first-order chi connectivity index (χ1) is 11.9. The van der Waals surface area contributed by atoms with Crippen LogP contribution in [0.4, 0.5) is 4.39 Å². The van der Waals surface area contributed by atoms with Gasteiger partial charge in [-0.1, -0.05) is 28.5 Å². The third-order valence-corrected chi connectivity index (χ3v) is 6.73. The van der Waals surface area contributed by atoms with Crippen LogP contribution in [0.3, 0.4) is 0 Å². The SMILES string of the molecule is CCC(C)(Pc1ccc(F)cc1CS)c1cc(OC)cc(OC)c1O. The first kappa shape index (κ1) is 19.9. The molecule has 3 nitrogen and oxygen atoms in total. The quantitative estimate of drug-likeness (QED) is 0.543. The Hall–Kier alpha value is -1.45. The van der Waals surface area contributed by atoms with E-state index in [-0.39, 0.29) is 16.7 Å². The maximum absolute atomic E-state index is 13.5. The fourth-order valence-corrected chi connectivity index (χ4v) is 4.73. The molecule has 2 atom stereocenters. The van der Waals surface area contributed by atoms with Crippen LogP contribution in [0.5, 0.6) is 17.2 Å². The van der Waals surface area contributed by atoms with Crippen LogP contribution in [0.25, 0.3) is 0 Å². The molecule has 0 aliphatic carbocycles. The molecular formula is C19H24FO3PS. The Morgan fingerprint density at radius 3 is 2.48 bits per heavy atom. The number of phenolic OH excluding ortho intramolecular Hbond substituents is 1. The molecule has 2 unspecified atom stereocenters. The Morgan fingerprint density at radius 1 is 1.20 bits per heavy atom. The van der Waals surface area contributed by atoms with Crippen molar-refractivity contribution in [3.05, 3.63) is 47.3 Å². The van der Waals surface area contributed by atoms with E-state index in [2.05, 4.69) is 26.5 Å². The molecule has 0 aliphatic heterocycles. The van der Waals surface area contributed by atoms with E-state index in [9.17, 15) is 9.50 Å². The zero-order valence-corrected chi connectivity index (χ0v) is 16.8. The van der Waals surface area contributed by atoms with E-state index in [1.54, 1.807) is 13.2 Å². The van der Waals surface area contributed by atoms with Crippen LogP contribution in [-0.2, 0) is 10.9 Å². The van der Waals surface area contributed by atoms with Crippen LogP contribution in [0.1, 0.15) is 31.4 Å². The number of halogens is 1. The number of hydrogen-bond donors (Lipinski definition) is 2. The van der Waals surface area contributed by atoms with Gasteiger partial charge < -0.3 is 14.6 Å². The lowest BCUT2D eigenvalue weighted by molar-refractivity contribution is 0.357. The molecule has 2 aromatic rings. The van der Waals surface area contributed by atoms with E-state index < -0.39 is 0 Å². The number of phenols is 1. The minimum Gasteiger partial charge on any atom is -0.504 e. The molecule has 0 fully saturated rings. The lowest BCUT2D eigenvalue weighted by atomic mass is 9.95. The summed E-state index contributed by atoms with van der Waals surface area (Å²) >= 11 is 4.33. The van der Waals surface area contributed by atoms with Gasteiger partial charge in [-0.2, -0.15) is 12.6 Å². The van der Waals surface area contributed by atoms with Crippen molar-refractivity contribution in [2.75, 3.05) is 14.2 Å². The lowest BCUT2D eigenvalue weighted by Crippen LogP contribution is -2.20. The fraction of sp³-hybridized carbons (Fsp3) is 0.368. The fourth-order valence-electron chi connectivity index (χ4n) is 2.74. The highest BCUT2D eigenvalue weighted by molar-refractivity contribution is 7.79. The number of methoxy groups -OCH3 is 2. The molecule has 0 saturated carbocycles. The van der Waals surface area contributed by atoms with Crippen molar-refractivity contribution in [1.29, 1.82) is 0 Å². The summed E-state index contributed by atoms with van der Waals surface area (Å²) in [4.78, 5) is 0. The molecule has 0 heterocycles. The van der Waals surface area contributed by atoms with Crippen molar-refractivity contribution in [2.24, 2.45) is 0 Å². The van der Waals surface area contributed by atoms with Crippen molar-refractivity contribution in [3.8, 4) is 17.2 Å². The molecule has 136 valence electrons. The van der Waals surface area contributed by atoms with Crippen LogP contribution in [0, 0.1) is 5.82 Å². The number of aromatic hydroxyl groups is 1. The van der Waals surface area contributed by atoms with Gasteiger partial charge >= 0.3 is 0 Å². The van der Waals surface area contributed by atoms with Crippen molar-refractivity contribution in [1.82, 2.24) is 0 Å². The van der Waals surface area contributed by atoms with Gasteiger partial charge in [-0.05, 0) is 35.5 Å². The van der Waals surface area contributed by atoms with Gasteiger partial charge in [-0.3, -0.25) is 0 Å². The van der Waals surface area contributed by atoms with Crippen LogP contribution in [0.15, 0.2) is 30.3 Å². The zero-order chi connectivity index (χ0) is 18.6. The Balaban J connectivity index is 2.54. The molecule has 25 heavy (non-hydrogen) atoms. The minimum absolute atomic E-state index is 0.120. The Kier molecular flexibility index (Phi) is 6.59. The molecule has 0 aromatic heterocycles. The predicted molar refractivity (Wildman–Crippen MR) is 106 cm³/mol. The van der Waals surface area contributed by atoms with E-state index in [0.29, 0.717) is 25.8 Å². The second kappa shape index (κ2) is 8.29. The van der Waals surface area contributed by atoms with Gasteiger partial charge in [0.1, 0.15) is 11.6 Å². The molecule has 2 aromatic carbocycles. The number of rotatable bonds is 7. The maximum atomic E-state index is 13.5. The molecule has 1 N–H and O–H groups in total. The second-order valence-corrected chi connectivity index (χ2v) is 8.20. The zero-order valence-electron chi connectivity index (χ0n) is 14.9. The number of hydrogen-bond acceptors (Lipinski definition) is 4. The van der Waals surface area contributed by atoms with Gasteiger partial charge in [-0.25, -0.2) is 4.39 Å². The minimum atomic E-state index is -0.346. The van der Waals surface area contributed by atoms with Crippen LogP contribution in [-0.4, -0.2) is 19.3 Å². The van der Waals surface area contributed by atoms with E-state index >= 15 is 0 Å². The molecule has 0 saturated heterocycles. The molecular weight excluding hydrogens is 358 g/mol. The highest BCUT2D eigenvalue weighted by Crippen LogP contribution is 2.51. The molecule has 0 amide bonds. The smallest absolute Gasteiger partial charge is 0.164 e. The van der Waals surface area contributed by atoms with E-state index in [1.807, 2.05) is 12.1 Å². The van der Waals surface area contributed by atoms with Crippen LogP contribution >= 0.6 is 21.2 Å². The van der Waals surface area contributed by atoms with Crippen LogP contribution < -0.4 is 14.8 Å².